The fourth-order valence-electron chi connectivity index (χ4n) is 2.12. The molecule has 0 spiro atoms. The van der Waals surface area contributed by atoms with E-state index in [1.54, 1.807) is 22.8 Å². The van der Waals surface area contributed by atoms with Crippen molar-refractivity contribution in [3.63, 3.8) is 0 Å². The van der Waals surface area contributed by atoms with E-state index in [1.807, 2.05) is 6.92 Å². The third-order valence-corrected chi connectivity index (χ3v) is 3.27. The van der Waals surface area contributed by atoms with Gasteiger partial charge in [-0.3, -0.25) is 4.57 Å². The first-order valence-electron chi connectivity index (χ1n) is 5.73. The molecule has 5 heteroatoms. The summed E-state index contributed by atoms with van der Waals surface area (Å²) in [5.41, 5.74) is 2.49. The van der Waals surface area contributed by atoms with Gasteiger partial charge in [0.25, 0.3) is 0 Å². The molecular formula is C14H10F2N2S. The van der Waals surface area contributed by atoms with Crippen LogP contribution in [-0.4, -0.2) is 9.55 Å². The van der Waals surface area contributed by atoms with E-state index in [0.29, 0.717) is 21.5 Å². The van der Waals surface area contributed by atoms with E-state index in [2.05, 4.69) is 4.98 Å². The van der Waals surface area contributed by atoms with Crippen LogP contribution in [0.4, 0.5) is 8.78 Å². The molecule has 0 bridgehead atoms. The lowest BCUT2D eigenvalue weighted by atomic mass is 10.2. The molecule has 0 atom stereocenters. The van der Waals surface area contributed by atoms with E-state index in [9.17, 15) is 8.78 Å². The van der Waals surface area contributed by atoms with Crippen molar-refractivity contribution in [2.24, 2.45) is 0 Å². The summed E-state index contributed by atoms with van der Waals surface area (Å²) in [6.45, 7) is 1.88. The first-order chi connectivity index (χ1) is 9.06. The Morgan fingerprint density at radius 2 is 1.89 bits per heavy atom. The first-order valence-corrected chi connectivity index (χ1v) is 6.14. The quantitative estimate of drug-likeness (QED) is 0.658. The van der Waals surface area contributed by atoms with Crippen molar-refractivity contribution in [1.82, 2.24) is 9.55 Å². The Bertz CT molecular complexity index is 833. The Morgan fingerprint density at radius 3 is 2.68 bits per heavy atom. The van der Waals surface area contributed by atoms with Crippen LogP contribution < -0.4 is 0 Å². The topological polar surface area (TPSA) is 20.7 Å². The molecular weight excluding hydrogens is 266 g/mol. The number of H-pyrrole nitrogens is 1. The standard InChI is InChI=1S/C14H10F2N2S/c1-8-2-4-10(16)13(6-8)18-12-5-3-9(15)7-11(12)17-14(18)19/h2-7H,1H3,(H,17,19). The lowest BCUT2D eigenvalue weighted by Gasteiger charge is -2.07. The Labute approximate surface area is 113 Å². The second kappa shape index (κ2) is 4.28. The molecule has 0 amide bonds. The van der Waals surface area contributed by atoms with E-state index in [4.69, 9.17) is 12.2 Å². The minimum atomic E-state index is -0.369. The van der Waals surface area contributed by atoms with Crippen LogP contribution in [0.3, 0.4) is 0 Å². The average Bonchev–Trinajstić information content (AvgIpc) is 2.67. The highest BCUT2D eigenvalue weighted by Gasteiger charge is 2.11. The molecule has 1 aromatic heterocycles. The molecule has 19 heavy (non-hydrogen) atoms. The van der Waals surface area contributed by atoms with Crippen molar-refractivity contribution in [1.29, 1.82) is 0 Å². The van der Waals surface area contributed by atoms with E-state index < -0.39 is 0 Å². The molecule has 0 saturated carbocycles. The number of nitrogens with one attached hydrogen (secondary N) is 1. The number of rotatable bonds is 1. The van der Waals surface area contributed by atoms with Gasteiger partial charge >= 0.3 is 0 Å². The van der Waals surface area contributed by atoms with Crippen molar-refractivity contribution in [3.8, 4) is 5.69 Å². The fourth-order valence-corrected chi connectivity index (χ4v) is 2.42. The van der Waals surface area contributed by atoms with Crippen LogP contribution in [0.1, 0.15) is 5.56 Å². The van der Waals surface area contributed by atoms with Gasteiger partial charge in [-0.25, -0.2) is 8.78 Å². The third-order valence-electron chi connectivity index (χ3n) is 2.99. The normalized spacial score (nSPS) is 11.1. The number of imidazole rings is 1. The van der Waals surface area contributed by atoms with E-state index in [0.717, 1.165) is 5.56 Å². The van der Waals surface area contributed by atoms with Gasteiger partial charge in [-0.15, -0.1) is 0 Å². The second-order valence-corrected chi connectivity index (χ2v) is 4.77. The number of aryl methyl sites for hydroxylation is 1. The minimum Gasteiger partial charge on any atom is -0.330 e. The SMILES string of the molecule is Cc1ccc(F)c(-n2c(=S)[nH]c3cc(F)ccc32)c1. The van der Waals surface area contributed by atoms with Gasteiger partial charge < -0.3 is 4.98 Å². The van der Waals surface area contributed by atoms with Crippen LogP contribution in [0.25, 0.3) is 16.7 Å². The van der Waals surface area contributed by atoms with E-state index >= 15 is 0 Å². The Kier molecular flexibility index (Phi) is 2.71. The van der Waals surface area contributed by atoms with Crippen LogP contribution in [0.2, 0.25) is 0 Å². The van der Waals surface area contributed by atoms with Gasteiger partial charge in [0.2, 0.25) is 0 Å². The number of fused-ring (bicyclic) bond motifs is 1. The van der Waals surface area contributed by atoms with Crippen molar-refractivity contribution < 1.29 is 8.78 Å². The molecule has 2 nitrogen and oxygen atoms in total. The molecule has 3 aromatic rings. The van der Waals surface area contributed by atoms with Crippen LogP contribution in [0.5, 0.6) is 0 Å². The predicted octanol–water partition coefficient (Wildman–Crippen LogP) is 4.27. The Balaban J connectivity index is 2.39. The van der Waals surface area contributed by atoms with Gasteiger partial charge in [0.05, 0.1) is 16.7 Å². The smallest absolute Gasteiger partial charge is 0.182 e. The maximum Gasteiger partial charge on any atom is 0.182 e. The monoisotopic (exact) mass is 276 g/mol. The molecule has 0 aliphatic rings. The molecule has 3 rings (SSSR count). The van der Waals surface area contributed by atoms with Gasteiger partial charge in [0, 0.05) is 0 Å². The predicted molar refractivity (Wildman–Crippen MR) is 73.1 cm³/mol. The second-order valence-electron chi connectivity index (χ2n) is 4.38. The van der Waals surface area contributed by atoms with Crippen LogP contribution in [0.15, 0.2) is 36.4 Å². The van der Waals surface area contributed by atoms with Crippen LogP contribution >= 0.6 is 12.2 Å². The number of aromatic nitrogens is 2. The lowest BCUT2D eigenvalue weighted by Crippen LogP contribution is -1.98. The highest BCUT2D eigenvalue weighted by atomic mass is 32.1. The molecule has 0 unspecified atom stereocenters. The number of hydrogen-bond donors (Lipinski definition) is 1. The highest BCUT2D eigenvalue weighted by Crippen LogP contribution is 2.23. The minimum absolute atomic E-state index is 0.338. The van der Waals surface area contributed by atoms with Crippen LogP contribution in [-0.2, 0) is 0 Å². The Hall–Kier alpha value is -2.01. The largest absolute Gasteiger partial charge is 0.330 e. The molecule has 1 heterocycles. The fraction of sp³-hybridized carbons (Fsp3) is 0.0714. The summed E-state index contributed by atoms with van der Waals surface area (Å²) >= 11 is 5.20. The maximum atomic E-state index is 14.0. The molecule has 2 aromatic carbocycles. The van der Waals surface area contributed by atoms with E-state index in [-0.39, 0.29) is 11.6 Å². The van der Waals surface area contributed by atoms with Crippen molar-refractivity contribution in [2.45, 2.75) is 6.92 Å². The zero-order valence-corrected chi connectivity index (χ0v) is 10.9. The number of benzene rings is 2. The summed E-state index contributed by atoms with van der Waals surface area (Å²) in [5.74, 6) is -0.729. The third kappa shape index (κ3) is 1.96. The molecule has 1 N–H and O–H groups in total. The number of aromatic amines is 1. The first kappa shape index (κ1) is 12.0. The van der Waals surface area contributed by atoms with Crippen molar-refractivity contribution >= 4 is 23.3 Å². The number of hydrogen-bond acceptors (Lipinski definition) is 1. The summed E-state index contributed by atoms with van der Waals surface area (Å²) in [5, 5.41) is 0. The summed E-state index contributed by atoms with van der Waals surface area (Å²) < 4.78 is 29.1. The summed E-state index contributed by atoms with van der Waals surface area (Å²) in [6, 6.07) is 9.05. The molecule has 0 aliphatic heterocycles. The summed E-state index contributed by atoms with van der Waals surface area (Å²) in [6.07, 6.45) is 0. The maximum absolute atomic E-state index is 14.0. The molecule has 0 fully saturated rings. The molecule has 0 aliphatic carbocycles. The zero-order chi connectivity index (χ0) is 13.6. The lowest BCUT2D eigenvalue weighted by molar-refractivity contribution is 0.618. The van der Waals surface area contributed by atoms with E-state index in [1.165, 1.54) is 18.2 Å². The van der Waals surface area contributed by atoms with Crippen molar-refractivity contribution in [2.75, 3.05) is 0 Å². The van der Waals surface area contributed by atoms with Gasteiger partial charge in [-0.1, -0.05) is 6.07 Å². The molecule has 0 radical (unpaired) electrons. The highest BCUT2D eigenvalue weighted by molar-refractivity contribution is 7.71. The number of halogens is 2. The summed E-state index contributed by atoms with van der Waals surface area (Å²) in [4.78, 5) is 2.88. The average molecular weight is 276 g/mol. The molecule has 0 saturated heterocycles. The van der Waals surface area contributed by atoms with Gasteiger partial charge in [-0.2, -0.15) is 0 Å². The van der Waals surface area contributed by atoms with Crippen LogP contribution in [0, 0.1) is 23.3 Å². The molecule has 96 valence electrons. The number of nitrogens with zero attached hydrogens (tertiary/aromatic N) is 1. The van der Waals surface area contributed by atoms with Crippen molar-refractivity contribution in [3.05, 3.63) is 58.4 Å². The summed E-state index contributed by atoms with van der Waals surface area (Å²) in [7, 11) is 0. The Morgan fingerprint density at radius 1 is 1.11 bits per heavy atom. The zero-order valence-electron chi connectivity index (χ0n) is 10.1. The van der Waals surface area contributed by atoms with Gasteiger partial charge in [0.1, 0.15) is 11.6 Å². The van der Waals surface area contributed by atoms with Gasteiger partial charge in [-0.05, 0) is 55.0 Å². The van der Waals surface area contributed by atoms with Gasteiger partial charge in [0.15, 0.2) is 4.77 Å².